The lowest BCUT2D eigenvalue weighted by Crippen LogP contribution is -2.43. The van der Waals surface area contributed by atoms with E-state index in [0.29, 0.717) is 6.42 Å². The molecule has 0 amide bonds. The van der Waals surface area contributed by atoms with Crippen LogP contribution in [0.3, 0.4) is 0 Å². The second kappa shape index (κ2) is 19.3. The Balaban J connectivity index is 0. The van der Waals surface area contributed by atoms with Crippen LogP contribution < -0.4 is 0 Å². The van der Waals surface area contributed by atoms with Crippen molar-refractivity contribution in [3.05, 3.63) is 0 Å². The molecular formula is C22H38O14S. The predicted octanol–water partition coefficient (Wildman–Crippen LogP) is 1.93. The number of carboxylic acid groups (broad SMARTS) is 4. The number of carboxylic acids is 4. The Hall–Kier alpha value is -2.78. The topological polar surface area (TPSA) is 250 Å². The molecule has 6 N–H and O–H groups in total. The molecule has 15 heteroatoms. The first-order valence-corrected chi connectivity index (χ1v) is 13.3. The third-order valence-electron chi connectivity index (χ3n) is 5.03. The van der Waals surface area contributed by atoms with Gasteiger partial charge >= 0.3 is 29.8 Å². The van der Waals surface area contributed by atoms with Gasteiger partial charge in [0, 0.05) is 0 Å². The fourth-order valence-corrected chi connectivity index (χ4v) is 3.62. The van der Waals surface area contributed by atoms with Crippen molar-refractivity contribution in [1.29, 1.82) is 0 Å². The van der Waals surface area contributed by atoms with Crippen LogP contribution in [-0.4, -0.2) is 85.8 Å². The molecule has 0 saturated carbocycles. The van der Waals surface area contributed by atoms with Gasteiger partial charge in [0.15, 0.2) is 10.9 Å². The zero-order valence-electron chi connectivity index (χ0n) is 20.8. The van der Waals surface area contributed by atoms with Crippen LogP contribution in [0.5, 0.6) is 0 Å². The van der Waals surface area contributed by atoms with Gasteiger partial charge in [0.2, 0.25) is 0 Å². The highest BCUT2D eigenvalue weighted by Gasteiger charge is 2.41. The Morgan fingerprint density at radius 1 is 0.757 bits per heavy atom. The lowest BCUT2D eigenvalue weighted by molar-refractivity contribution is -0.172. The summed E-state index contributed by atoms with van der Waals surface area (Å²) in [7, 11) is -4.84. The van der Waals surface area contributed by atoms with Gasteiger partial charge in [0.25, 0.3) is 10.1 Å². The molecule has 0 aliphatic rings. The van der Waals surface area contributed by atoms with E-state index < -0.39 is 70.1 Å². The zero-order chi connectivity index (χ0) is 29.1. The lowest BCUT2D eigenvalue weighted by atomic mass is 9.96. The van der Waals surface area contributed by atoms with E-state index in [1.54, 1.807) is 0 Å². The molecule has 0 aliphatic carbocycles. The number of unbranched alkanes of at least 4 members (excludes halogenated alkanes) is 9. The minimum atomic E-state index is -4.84. The van der Waals surface area contributed by atoms with Gasteiger partial charge in [-0.2, -0.15) is 8.42 Å². The van der Waals surface area contributed by atoms with Crippen LogP contribution in [0.15, 0.2) is 0 Å². The molecule has 0 rings (SSSR count). The number of carbonyl (C=O) groups excluding carboxylic acids is 1. The van der Waals surface area contributed by atoms with Crippen LogP contribution >= 0.6 is 0 Å². The van der Waals surface area contributed by atoms with E-state index in [2.05, 4.69) is 6.92 Å². The summed E-state index contributed by atoms with van der Waals surface area (Å²) in [6.07, 6.45) is 8.33. The molecule has 0 bridgehead atoms. The van der Waals surface area contributed by atoms with E-state index in [9.17, 15) is 37.5 Å². The number of aliphatic carboxylic acids is 4. The van der Waals surface area contributed by atoms with E-state index in [0.717, 1.165) is 19.3 Å². The van der Waals surface area contributed by atoms with Crippen molar-refractivity contribution in [3.8, 4) is 0 Å². The largest absolute Gasteiger partial charge is 0.481 e. The lowest BCUT2D eigenvalue weighted by Gasteiger charge is -2.20. The van der Waals surface area contributed by atoms with E-state index >= 15 is 0 Å². The van der Waals surface area contributed by atoms with Crippen LogP contribution in [0.1, 0.15) is 90.4 Å². The number of hydrogen-bond acceptors (Lipinski definition) is 9. The van der Waals surface area contributed by atoms with Gasteiger partial charge in [0.1, 0.15) is 0 Å². The third kappa shape index (κ3) is 20.0. The molecule has 0 radical (unpaired) electrons. The Morgan fingerprint density at radius 3 is 1.54 bits per heavy atom. The summed E-state index contributed by atoms with van der Waals surface area (Å²) in [5, 5.41) is 41.1. The first-order valence-electron chi connectivity index (χ1n) is 11.8. The van der Waals surface area contributed by atoms with Gasteiger partial charge in [-0.3, -0.25) is 23.7 Å². The molecule has 0 fully saturated rings. The molecule has 0 aliphatic heterocycles. The van der Waals surface area contributed by atoms with Crippen LogP contribution in [0, 0.1) is 0 Å². The van der Waals surface area contributed by atoms with E-state index in [-0.39, 0.29) is 6.61 Å². The van der Waals surface area contributed by atoms with Crippen molar-refractivity contribution in [2.24, 2.45) is 0 Å². The molecule has 0 aromatic carbocycles. The van der Waals surface area contributed by atoms with Crippen molar-refractivity contribution < 1.29 is 67.2 Å². The Bertz CT molecular complexity index is 838. The number of ether oxygens (including phenoxy) is 1. The number of rotatable bonds is 20. The zero-order valence-corrected chi connectivity index (χ0v) is 21.7. The van der Waals surface area contributed by atoms with E-state index in [4.69, 9.17) is 29.7 Å². The molecule has 0 aromatic heterocycles. The molecule has 0 heterocycles. The van der Waals surface area contributed by atoms with E-state index in [1.807, 2.05) is 0 Å². The standard InChI is InChI=1S/C18H32O7.C4H6O7S/c1-2-3-4-5-6-7-8-9-10-11-12-25-16(21)14-18(24,17(22)23)13-15(19)20;5-3(6)1-2(4(7)8)12(9,10)11/h24H,2-14H2,1H3,(H,19,20)(H,22,23);2H,1H2,(H,5,6)(H,7,8)(H,9,10,11). The minimum Gasteiger partial charge on any atom is -0.481 e. The highest BCUT2D eigenvalue weighted by Crippen LogP contribution is 2.17. The molecule has 37 heavy (non-hydrogen) atoms. The maximum absolute atomic E-state index is 11.6. The number of carbonyl (C=O) groups is 5. The second-order valence-corrected chi connectivity index (χ2v) is 10.0. The average Bonchev–Trinajstić information content (AvgIpc) is 2.74. The maximum Gasteiger partial charge on any atom is 0.336 e. The highest BCUT2D eigenvalue weighted by molar-refractivity contribution is 7.87. The highest BCUT2D eigenvalue weighted by atomic mass is 32.2. The molecule has 0 spiro atoms. The Kier molecular flexibility index (Phi) is 19.0. The fraction of sp³-hybridized carbons (Fsp3) is 0.773. The summed E-state index contributed by atoms with van der Waals surface area (Å²) >= 11 is 0. The van der Waals surface area contributed by atoms with Crippen LogP contribution in [0.2, 0.25) is 0 Å². The summed E-state index contributed by atoms with van der Waals surface area (Å²) in [4.78, 5) is 53.1. The maximum atomic E-state index is 11.6. The fourth-order valence-electron chi connectivity index (χ4n) is 3.01. The smallest absolute Gasteiger partial charge is 0.336 e. The van der Waals surface area contributed by atoms with Gasteiger partial charge in [0.05, 0.1) is 25.9 Å². The van der Waals surface area contributed by atoms with Crippen molar-refractivity contribution >= 4 is 40.0 Å². The number of aliphatic hydroxyl groups is 1. The number of hydrogen-bond donors (Lipinski definition) is 6. The Labute approximate surface area is 215 Å². The summed E-state index contributed by atoms with van der Waals surface area (Å²) in [5.41, 5.74) is -2.62. The van der Waals surface area contributed by atoms with Crippen molar-refractivity contribution in [3.63, 3.8) is 0 Å². The average molecular weight is 559 g/mol. The second-order valence-electron chi connectivity index (χ2n) is 8.43. The Morgan fingerprint density at radius 2 is 1.22 bits per heavy atom. The minimum absolute atomic E-state index is 0.151. The molecule has 2 atom stereocenters. The van der Waals surface area contributed by atoms with Gasteiger partial charge in [-0.15, -0.1) is 0 Å². The van der Waals surface area contributed by atoms with Gasteiger partial charge in [-0.25, -0.2) is 4.79 Å². The van der Waals surface area contributed by atoms with Crippen LogP contribution in [-0.2, 0) is 38.8 Å². The predicted molar refractivity (Wildman–Crippen MR) is 127 cm³/mol. The van der Waals surface area contributed by atoms with Crippen molar-refractivity contribution in [1.82, 2.24) is 0 Å². The number of esters is 1. The summed E-state index contributed by atoms with van der Waals surface area (Å²) in [6, 6.07) is 0. The third-order valence-corrected chi connectivity index (χ3v) is 6.12. The van der Waals surface area contributed by atoms with Gasteiger partial charge < -0.3 is 30.3 Å². The summed E-state index contributed by atoms with van der Waals surface area (Å²) < 4.78 is 33.6. The van der Waals surface area contributed by atoms with Crippen LogP contribution in [0.4, 0.5) is 0 Å². The molecule has 216 valence electrons. The van der Waals surface area contributed by atoms with E-state index in [1.165, 1.54) is 38.5 Å². The molecule has 0 aromatic rings. The monoisotopic (exact) mass is 558 g/mol. The quantitative estimate of drug-likeness (QED) is 0.0709. The molecular weight excluding hydrogens is 520 g/mol. The van der Waals surface area contributed by atoms with Gasteiger partial charge in [-0.05, 0) is 6.42 Å². The molecule has 14 nitrogen and oxygen atoms in total. The normalized spacial score (nSPS) is 13.4. The van der Waals surface area contributed by atoms with Gasteiger partial charge in [-0.1, -0.05) is 64.7 Å². The van der Waals surface area contributed by atoms with Crippen molar-refractivity contribution in [2.75, 3.05) is 6.61 Å². The first kappa shape index (κ1) is 36.4. The summed E-state index contributed by atoms with van der Waals surface area (Å²) in [6.45, 7) is 2.35. The summed E-state index contributed by atoms with van der Waals surface area (Å²) in [5.74, 6) is -7.64. The molecule has 0 saturated heterocycles. The first-order chi connectivity index (χ1) is 17.1. The molecule has 2 unspecified atom stereocenters. The van der Waals surface area contributed by atoms with Crippen molar-refractivity contribution in [2.45, 2.75) is 101 Å². The SMILES string of the molecule is CCCCCCCCCCCCOC(=O)CC(O)(CC(=O)O)C(=O)O.O=C(O)CC(C(=O)O)S(=O)(=O)O. The van der Waals surface area contributed by atoms with Crippen LogP contribution in [0.25, 0.3) is 0 Å².